The van der Waals surface area contributed by atoms with Crippen LogP contribution in [0.1, 0.15) is 11.1 Å². The minimum absolute atomic E-state index is 0.165. The number of benzene rings is 2. The van der Waals surface area contributed by atoms with Crippen LogP contribution in [0.2, 0.25) is 0 Å². The smallest absolute Gasteiger partial charge is 0.277 e. The Morgan fingerprint density at radius 1 is 1.19 bits per heavy atom. The molecule has 2 N–H and O–H groups in total. The molecule has 21 heavy (non-hydrogen) atoms. The zero-order chi connectivity index (χ0) is 14.8. The van der Waals surface area contributed by atoms with Crippen LogP contribution in [0.4, 0.5) is 0 Å². The molecule has 3 aromatic rings. The summed E-state index contributed by atoms with van der Waals surface area (Å²) in [4.78, 5) is 12.7. The molecule has 1 aromatic heterocycles. The summed E-state index contributed by atoms with van der Waals surface area (Å²) in [6.45, 7) is 0.327. The van der Waals surface area contributed by atoms with Gasteiger partial charge in [-0.05, 0) is 23.8 Å². The van der Waals surface area contributed by atoms with Gasteiger partial charge in [-0.3, -0.25) is 4.79 Å². The van der Waals surface area contributed by atoms with E-state index in [0.717, 1.165) is 11.1 Å². The first kappa shape index (κ1) is 13.4. The van der Waals surface area contributed by atoms with Crippen LogP contribution in [-0.2, 0) is 6.54 Å². The molecule has 3 rings (SSSR count). The van der Waals surface area contributed by atoms with Gasteiger partial charge >= 0.3 is 0 Å². The van der Waals surface area contributed by atoms with Gasteiger partial charge in [0, 0.05) is 5.56 Å². The van der Waals surface area contributed by atoms with Crippen molar-refractivity contribution in [3.05, 3.63) is 70.0 Å². The number of rotatable bonds is 3. The average Bonchev–Trinajstić information content (AvgIpc) is 2.51. The molecule has 0 saturated heterocycles. The number of hydrogen-bond donors (Lipinski definition) is 1. The van der Waals surface area contributed by atoms with Gasteiger partial charge < -0.3 is 5.73 Å². The molecule has 0 radical (unpaired) electrons. The standard InChI is InChI=1S/C15H12N4OS/c16-14(21)11-5-3-4-10(8-11)9-19-15(20)12-6-1-2-7-13(12)17-18-19/h1-8H,9H2,(H2,16,21). The van der Waals surface area contributed by atoms with Gasteiger partial charge in [0.05, 0.1) is 11.9 Å². The van der Waals surface area contributed by atoms with Gasteiger partial charge in [0.25, 0.3) is 5.56 Å². The van der Waals surface area contributed by atoms with Crippen LogP contribution in [0.5, 0.6) is 0 Å². The molecule has 0 unspecified atom stereocenters. The Balaban J connectivity index is 2.02. The number of nitrogens with two attached hydrogens (primary N) is 1. The SMILES string of the molecule is NC(=S)c1cccc(Cn2nnc3ccccc3c2=O)c1. The first-order chi connectivity index (χ1) is 10.1. The second-order valence-electron chi connectivity index (χ2n) is 4.63. The van der Waals surface area contributed by atoms with Gasteiger partial charge in [0.2, 0.25) is 0 Å². The highest BCUT2D eigenvalue weighted by Gasteiger charge is 2.06. The molecule has 1 heterocycles. The molecule has 0 spiro atoms. The molecule has 5 nitrogen and oxygen atoms in total. The molecule has 0 aliphatic heterocycles. The summed E-state index contributed by atoms with van der Waals surface area (Å²) in [7, 11) is 0. The lowest BCUT2D eigenvalue weighted by atomic mass is 10.1. The summed E-state index contributed by atoms with van der Waals surface area (Å²) in [6, 6.07) is 14.6. The maximum absolute atomic E-state index is 12.4. The van der Waals surface area contributed by atoms with Gasteiger partial charge in [-0.15, -0.1) is 5.10 Å². The van der Waals surface area contributed by atoms with E-state index >= 15 is 0 Å². The molecule has 2 aromatic carbocycles. The quantitative estimate of drug-likeness (QED) is 0.741. The number of fused-ring (bicyclic) bond motifs is 1. The lowest BCUT2D eigenvalue weighted by Gasteiger charge is -2.06. The third-order valence-corrected chi connectivity index (χ3v) is 3.41. The van der Waals surface area contributed by atoms with E-state index in [9.17, 15) is 4.79 Å². The predicted octanol–water partition coefficient (Wildman–Crippen LogP) is 1.47. The molecule has 0 aliphatic carbocycles. The first-order valence-corrected chi connectivity index (χ1v) is 6.77. The third-order valence-electron chi connectivity index (χ3n) is 3.17. The van der Waals surface area contributed by atoms with E-state index in [4.69, 9.17) is 18.0 Å². The van der Waals surface area contributed by atoms with Gasteiger partial charge in [-0.1, -0.05) is 47.8 Å². The van der Waals surface area contributed by atoms with Crippen LogP contribution in [0.15, 0.2) is 53.3 Å². The highest BCUT2D eigenvalue weighted by atomic mass is 32.1. The van der Waals surface area contributed by atoms with Gasteiger partial charge in [-0.2, -0.15) is 0 Å². The molecule has 0 saturated carbocycles. The Labute approximate surface area is 126 Å². The maximum Gasteiger partial charge on any atom is 0.277 e. The molecular formula is C15H12N4OS. The van der Waals surface area contributed by atoms with E-state index < -0.39 is 0 Å². The lowest BCUT2D eigenvalue weighted by Crippen LogP contribution is -2.24. The monoisotopic (exact) mass is 296 g/mol. The van der Waals surface area contributed by atoms with E-state index in [0.29, 0.717) is 22.4 Å². The largest absolute Gasteiger partial charge is 0.389 e. The Hall–Kier alpha value is -2.60. The van der Waals surface area contributed by atoms with E-state index in [2.05, 4.69) is 10.3 Å². The van der Waals surface area contributed by atoms with Crippen LogP contribution < -0.4 is 11.3 Å². The number of thiocarbonyl (C=S) groups is 1. The maximum atomic E-state index is 12.4. The van der Waals surface area contributed by atoms with E-state index in [1.807, 2.05) is 36.4 Å². The van der Waals surface area contributed by atoms with Crippen LogP contribution in [0.3, 0.4) is 0 Å². The molecule has 0 aliphatic rings. The highest BCUT2D eigenvalue weighted by molar-refractivity contribution is 7.80. The van der Waals surface area contributed by atoms with Crippen molar-refractivity contribution < 1.29 is 0 Å². The Bertz CT molecular complexity index is 888. The molecule has 0 amide bonds. The second kappa shape index (κ2) is 5.41. The molecule has 6 heteroatoms. The van der Waals surface area contributed by atoms with Crippen LogP contribution in [0, 0.1) is 0 Å². The zero-order valence-electron chi connectivity index (χ0n) is 11.1. The summed E-state index contributed by atoms with van der Waals surface area (Å²) in [5.41, 5.74) is 7.71. The molecule has 0 bridgehead atoms. The molecular weight excluding hydrogens is 284 g/mol. The number of hydrogen-bond acceptors (Lipinski definition) is 4. The van der Waals surface area contributed by atoms with Crippen molar-refractivity contribution in [1.29, 1.82) is 0 Å². The van der Waals surface area contributed by atoms with Crippen molar-refractivity contribution >= 4 is 28.1 Å². The summed E-state index contributed by atoms with van der Waals surface area (Å²) in [5.74, 6) is 0. The topological polar surface area (TPSA) is 73.8 Å². The van der Waals surface area contributed by atoms with Crippen molar-refractivity contribution in [2.45, 2.75) is 6.54 Å². The Morgan fingerprint density at radius 3 is 2.81 bits per heavy atom. The van der Waals surface area contributed by atoms with Crippen molar-refractivity contribution in [2.24, 2.45) is 5.73 Å². The van der Waals surface area contributed by atoms with Gasteiger partial charge in [-0.25, -0.2) is 4.68 Å². The molecule has 104 valence electrons. The molecule has 0 atom stereocenters. The van der Waals surface area contributed by atoms with E-state index in [1.165, 1.54) is 4.68 Å². The van der Waals surface area contributed by atoms with Crippen molar-refractivity contribution in [2.75, 3.05) is 0 Å². The van der Waals surface area contributed by atoms with Crippen LogP contribution in [-0.4, -0.2) is 20.0 Å². The third kappa shape index (κ3) is 2.66. The lowest BCUT2D eigenvalue weighted by molar-refractivity contribution is 0.600. The highest BCUT2D eigenvalue weighted by Crippen LogP contribution is 2.07. The van der Waals surface area contributed by atoms with E-state index in [-0.39, 0.29) is 5.56 Å². The first-order valence-electron chi connectivity index (χ1n) is 6.36. The van der Waals surface area contributed by atoms with Crippen LogP contribution in [0.25, 0.3) is 10.9 Å². The minimum Gasteiger partial charge on any atom is -0.389 e. The summed E-state index contributed by atoms with van der Waals surface area (Å²) >= 11 is 4.96. The predicted molar refractivity (Wildman–Crippen MR) is 85.2 cm³/mol. The van der Waals surface area contributed by atoms with Gasteiger partial charge in [0.15, 0.2) is 0 Å². The Kier molecular flexibility index (Phi) is 3.45. The normalized spacial score (nSPS) is 10.7. The minimum atomic E-state index is -0.165. The fraction of sp³-hybridized carbons (Fsp3) is 0.0667. The van der Waals surface area contributed by atoms with Gasteiger partial charge in [0.1, 0.15) is 10.5 Å². The summed E-state index contributed by atoms with van der Waals surface area (Å²) in [6.07, 6.45) is 0. The van der Waals surface area contributed by atoms with E-state index in [1.54, 1.807) is 12.1 Å². The number of aromatic nitrogens is 3. The summed E-state index contributed by atoms with van der Waals surface area (Å²) < 4.78 is 1.33. The zero-order valence-corrected chi connectivity index (χ0v) is 11.9. The average molecular weight is 296 g/mol. The fourth-order valence-electron chi connectivity index (χ4n) is 2.12. The molecule has 0 fully saturated rings. The second-order valence-corrected chi connectivity index (χ2v) is 5.07. The van der Waals surface area contributed by atoms with Crippen molar-refractivity contribution in [3.63, 3.8) is 0 Å². The van der Waals surface area contributed by atoms with Crippen molar-refractivity contribution in [3.8, 4) is 0 Å². The fourth-order valence-corrected chi connectivity index (χ4v) is 2.25. The summed E-state index contributed by atoms with van der Waals surface area (Å²) in [5, 5.41) is 8.58. The Morgan fingerprint density at radius 2 is 2.00 bits per heavy atom. The van der Waals surface area contributed by atoms with Crippen LogP contribution >= 0.6 is 12.2 Å². The van der Waals surface area contributed by atoms with Crippen molar-refractivity contribution in [1.82, 2.24) is 15.0 Å². The number of nitrogens with zero attached hydrogens (tertiary/aromatic N) is 3.